The number of nitrogens with two attached hydrogens (primary N) is 1. The Morgan fingerprint density at radius 1 is 1.47 bits per heavy atom. The molecule has 0 heterocycles. The molecule has 0 spiro atoms. The highest BCUT2D eigenvalue weighted by atomic mass is 16.3. The second-order valence-electron chi connectivity index (χ2n) is 4.03. The number of aliphatic hydroxyl groups is 2. The molecular formula is C12H18N2O3. The lowest BCUT2D eigenvalue weighted by molar-refractivity contribution is -0.119. The van der Waals surface area contributed by atoms with Gasteiger partial charge in [-0.05, 0) is 12.5 Å². The van der Waals surface area contributed by atoms with Crippen molar-refractivity contribution in [1.29, 1.82) is 0 Å². The van der Waals surface area contributed by atoms with Crippen molar-refractivity contribution in [3.63, 3.8) is 0 Å². The van der Waals surface area contributed by atoms with Crippen molar-refractivity contribution < 1.29 is 15.0 Å². The maximum absolute atomic E-state index is 10.7. The third kappa shape index (κ3) is 3.44. The standard InChI is InChI=1S/C12H18N2O3/c1-7-4-3-5-9(11(7)13)12(17)10(16)6-14-8(2)15/h3-5,10,12,16-17H,6,13H2,1-2H3,(H,14,15). The highest BCUT2D eigenvalue weighted by Crippen LogP contribution is 2.25. The van der Waals surface area contributed by atoms with Gasteiger partial charge in [0.1, 0.15) is 12.2 Å². The fraction of sp³-hybridized carbons (Fsp3) is 0.417. The van der Waals surface area contributed by atoms with E-state index in [1.807, 2.05) is 13.0 Å². The van der Waals surface area contributed by atoms with Crippen LogP contribution in [0.5, 0.6) is 0 Å². The number of carbonyl (C=O) groups is 1. The molecule has 0 fully saturated rings. The molecule has 1 amide bonds. The molecule has 94 valence electrons. The van der Waals surface area contributed by atoms with Crippen molar-refractivity contribution in [3.8, 4) is 0 Å². The highest BCUT2D eigenvalue weighted by Gasteiger charge is 2.20. The van der Waals surface area contributed by atoms with Crippen LogP contribution in [0.1, 0.15) is 24.2 Å². The van der Waals surface area contributed by atoms with Gasteiger partial charge in [-0.3, -0.25) is 4.79 Å². The molecule has 0 aliphatic heterocycles. The quantitative estimate of drug-likeness (QED) is 0.560. The summed E-state index contributed by atoms with van der Waals surface area (Å²) in [5, 5.41) is 22.1. The van der Waals surface area contributed by atoms with Gasteiger partial charge in [-0.2, -0.15) is 0 Å². The lowest BCUT2D eigenvalue weighted by atomic mass is 10.00. The Balaban J connectivity index is 2.77. The molecule has 2 atom stereocenters. The first kappa shape index (κ1) is 13.5. The molecule has 1 rings (SSSR count). The van der Waals surface area contributed by atoms with Crippen molar-refractivity contribution in [2.24, 2.45) is 0 Å². The predicted octanol–water partition coefficient (Wildman–Crippen LogP) is 0.108. The van der Waals surface area contributed by atoms with Gasteiger partial charge < -0.3 is 21.3 Å². The van der Waals surface area contributed by atoms with E-state index in [-0.39, 0.29) is 12.5 Å². The zero-order valence-electron chi connectivity index (χ0n) is 9.97. The Hall–Kier alpha value is -1.59. The smallest absolute Gasteiger partial charge is 0.216 e. The molecule has 1 aromatic rings. The molecule has 5 N–H and O–H groups in total. The Morgan fingerprint density at radius 2 is 2.12 bits per heavy atom. The number of nitrogens with one attached hydrogen (secondary N) is 1. The van der Waals surface area contributed by atoms with Gasteiger partial charge in [-0.1, -0.05) is 18.2 Å². The third-order valence-electron chi connectivity index (χ3n) is 2.60. The van der Waals surface area contributed by atoms with Gasteiger partial charge in [0, 0.05) is 24.7 Å². The van der Waals surface area contributed by atoms with E-state index >= 15 is 0 Å². The van der Waals surface area contributed by atoms with Crippen LogP contribution in [0, 0.1) is 6.92 Å². The first-order chi connectivity index (χ1) is 7.93. The highest BCUT2D eigenvalue weighted by molar-refractivity contribution is 5.72. The summed E-state index contributed by atoms with van der Waals surface area (Å²) in [5.41, 5.74) is 7.59. The minimum atomic E-state index is -1.11. The van der Waals surface area contributed by atoms with Crippen LogP contribution in [0.15, 0.2) is 18.2 Å². The summed E-state index contributed by atoms with van der Waals surface area (Å²) < 4.78 is 0. The molecule has 0 bridgehead atoms. The van der Waals surface area contributed by atoms with Crippen LogP contribution in [0.3, 0.4) is 0 Å². The van der Waals surface area contributed by atoms with E-state index < -0.39 is 12.2 Å². The third-order valence-corrected chi connectivity index (χ3v) is 2.60. The van der Waals surface area contributed by atoms with Crippen LogP contribution >= 0.6 is 0 Å². The van der Waals surface area contributed by atoms with E-state index in [1.54, 1.807) is 12.1 Å². The molecule has 0 radical (unpaired) electrons. The first-order valence-electron chi connectivity index (χ1n) is 5.39. The molecule has 1 aromatic carbocycles. The van der Waals surface area contributed by atoms with Crippen molar-refractivity contribution >= 4 is 11.6 Å². The second-order valence-corrected chi connectivity index (χ2v) is 4.03. The van der Waals surface area contributed by atoms with E-state index in [1.165, 1.54) is 6.92 Å². The van der Waals surface area contributed by atoms with Crippen LogP contribution in [0.2, 0.25) is 0 Å². The van der Waals surface area contributed by atoms with E-state index in [2.05, 4.69) is 5.32 Å². The van der Waals surface area contributed by atoms with Crippen LogP contribution < -0.4 is 11.1 Å². The molecule has 0 saturated carbocycles. The van der Waals surface area contributed by atoms with Crippen LogP contribution in [0.4, 0.5) is 5.69 Å². The molecule has 0 aliphatic carbocycles. The van der Waals surface area contributed by atoms with E-state index in [4.69, 9.17) is 5.73 Å². The number of aliphatic hydroxyl groups excluding tert-OH is 2. The number of hydrogen-bond acceptors (Lipinski definition) is 4. The summed E-state index contributed by atoms with van der Waals surface area (Å²) in [6.45, 7) is 3.16. The number of para-hydroxylation sites is 1. The summed E-state index contributed by atoms with van der Waals surface area (Å²) >= 11 is 0. The molecule has 0 aromatic heterocycles. The second kappa shape index (κ2) is 5.65. The average Bonchev–Trinajstić information content (AvgIpc) is 2.28. The minimum absolute atomic E-state index is 0.0100. The first-order valence-corrected chi connectivity index (χ1v) is 5.39. The molecule has 5 nitrogen and oxygen atoms in total. The van der Waals surface area contributed by atoms with Crippen molar-refractivity contribution in [2.75, 3.05) is 12.3 Å². The van der Waals surface area contributed by atoms with Gasteiger partial charge in [-0.15, -0.1) is 0 Å². The van der Waals surface area contributed by atoms with Gasteiger partial charge in [0.15, 0.2) is 0 Å². The lowest BCUT2D eigenvalue weighted by Gasteiger charge is -2.20. The average molecular weight is 238 g/mol. The van der Waals surface area contributed by atoms with Crippen molar-refractivity contribution in [2.45, 2.75) is 26.1 Å². The minimum Gasteiger partial charge on any atom is -0.398 e. The summed E-state index contributed by atoms with van der Waals surface area (Å²) in [6, 6.07) is 5.24. The Kier molecular flexibility index (Phi) is 4.48. The number of rotatable bonds is 4. The summed E-state index contributed by atoms with van der Waals surface area (Å²) in [7, 11) is 0. The van der Waals surface area contributed by atoms with Crippen LogP contribution in [-0.2, 0) is 4.79 Å². The van der Waals surface area contributed by atoms with E-state index in [0.717, 1.165) is 5.56 Å². The predicted molar refractivity (Wildman–Crippen MR) is 65.2 cm³/mol. The maximum Gasteiger partial charge on any atom is 0.216 e. The van der Waals surface area contributed by atoms with Crippen molar-refractivity contribution in [1.82, 2.24) is 5.32 Å². The fourth-order valence-electron chi connectivity index (χ4n) is 1.53. The lowest BCUT2D eigenvalue weighted by Crippen LogP contribution is -2.34. The zero-order valence-corrected chi connectivity index (χ0v) is 9.97. The summed E-state index contributed by atoms with van der Waals surface area (Å²) in [6.07, 6.45) is -2.19. The number of nitrogen functional groups attached to an aromatic ring is 1. The SMILES string of the molecule is CC(=O)NCC(O)C(O)c1cccc(C)c1N. The molecular weight excluding hydrogens is 220 g/mol. The number of benzene rings is 1. The number of anilines is 1. The molecule has 17 heavy (non-hydrogen) atoms. The van der Waals surface area contributed by atoms with Gasteiger partial charge in [-0.25, -0.2) is 0 Å². The van der Waals surface area contributed by atoms with Gasteiger partial charge in [0.2, 0.25) is 5.91 Å². The van der Waals surface area contributed by atoms with E-state index in [0.29, 0.717) is 11.3 Å². The Morgan fingerprint density at radius 3 is 2.71 bits per heavy atom. The summed E-state index contributed by atoms with van der Waals surface area (Å²) in [5.74, 6) is -0.256. The Labute approximate surface area is 100 Å². The molecule has 0 aliphatic rings. The normalized spacial score (nSPS) is 14.1. The van der Waals surface area contributed by atoms with E-state index in [9.17, 15) is 15.0 Å². The zero-order chi connectivity index (χ0) is 13.0. The largest absolute Gasteiger partial charge is 0.398 e. The molecule has 2 unspecified atom stereocenters. The summed E-state index contributed by atoms with van der Waals surface area (Å²) in [4.78, 5) is 10.7. The number of amides is 1. The fourth-order valence-corrected chi connectivity index (χ4v) is 1.53. The topological polar surface area (TPSA) is 95.6 Å². The van der Waals surface area contributed by atoms with Gasteiger partial charge in [0.05, 0.1) is 0 Å². The maximum atomic E-state index is 10.7. The van der Waals surface area contributed by atoms with Crippen LogP contribution in [0.25, 0.3) is 0 Å². The van der Waals surface area contributed by atoms with Gasteiger partial charge in [0.25, 0.3) is 0 Å². The number of hydrogen-bond donors (Lipinski definition) is 4. The monoisotopic (exact) mass is 238 g/mol. The number of carbonyl (C=O) groups excluding carboxylic acids is 1. The Bertz CT molecular complexity index is 407. The van der Waals surface area contributed by atoms with Crippen molar-refractivity contribution in [3.05, 3.63) is 29.3 Å². The molecule has 5 heteroatoms. The molecule has 0 saturated heterocycles. The van der Waals surface area contributed by atoms with Gasteiger partial charge >= 0.3 is 0 Å². The van der Waals surface area contributed by atoms with Crippen LogP contribution in [-0.4, -0.2) is 28.8 Å². The number of aryl methyl sites for hydroxylation is 1.